The number of hydrogen-bond acceptors (Lipinski definition) is 4. The number of aromatic nitrogens is 3. The predicted octanol–water partition coefficient (Wildman–Crippen LogP) is 3.66. The van der Waals surface area contributed by atoms with Crippen LogP contribution in [0.3, 0.4) is 0 Å². The molecule has 0 fully saturated rings. The fourth-order valence-electron chi connectivity index (χ4n) is 2.99. The highest BCUT2D eigenvalue weighted by Crippen LogP contribution is 2.24. The van der Waals surface area contributed by atoms with Gasteiger partial charge in [-0.2, -0.15) is 0 Å². The summed E-state index contributed by atoms with van der Waals surface area (Å²) in [5, 5.41) is 3.85. The van der Waals surface area contributed by atoms with Crippen LogP contribution >= 0.6 is 0 Å². The lowest BCUT2D eigenvalue weighted by Crippen LogP contribution is -2.26. The Hall–Kier alpha value is -3.60. The third-order valence-electron chi connectivity index (χ3n) is 4.37. The van der Waals surface area contributed by atoms with Gasteiger partial charge in [-0.05, 0) is 48.4 Å². The zero-order chi connectivity index (χ0) is 18.5. The molecule has 132 valence electrons. The maximum Gasteiger partial charge on any atom is 0.252 e. The van der Waals surface area contributed by atoms with Gasteiger partial charge in [0.25, 0.3) is 5.91 Å². The molecule has 0 radical (unpaired) electrons. The van der Waals surface area contributed by atoms with Crippen molar-refractivity contribution in [1.82, 2.24) is 20.3 Å². The molecule has 1 amide bonds. The van der Waals surface area contributed by atoms with Gasteiger partial charge in [0, 0.05) is 42.3 Å². The van der Waals surface area contributed by atoms with Gasteiger partial charge in [-0.25, -0.2) is 4.98 Å². The van der Waals surface area contributed by atoms with Crippen LogP contribution in [0.2, 0.25) is 0 Å². The number of fused-ring (bicyclic) bond motifs is 1. The Labute approximate surface area is 157 Å². The lowest BCUT2D eigenvalue weighted by Gasteiger charge is -2.10. The van der Waals surface area contributed by atoms with E-state index >= 15 is 0 Å². The first-order valence-electron chi connectivity index (χ1n) is 8.78. The van der Waals surface area contributed by atoms with Crippen LogP contribution in [0.15, 0.2) is 79.4 Å². The Kier molecular flexibility index (Phi) is 4.83. The van der Waals surface area contributed by atoms with E-state index in [-0.39, 0.29) is 5.91 Å². The van der Waals surface area contributed by atoms with Crippen molar-refractivity contribution in [3.63, 3.8) is 0 Å². The lowest BCUT2D eigenvalue weighted by molar-refractivity contribution is 0.0956. The van der Waals surface area contributed by atoms with Crippen molar-refractivity contribution < 1.29 is 4.79 Å². The molecule has 0 saturated heterocycles. The Morgan fingerprint density at radius 3 is 2.59 bits per heavy atom. The number of nitrogens with zero attached hydrogens (tertiary/aromatic N) is 3. The minimum absolute atomic E-state index is 0.104. The van der Waals surface area contributed by atoms with E-state index in [9.17, 15) is 4.79 Å². The number of para-hydroxylation sites is 1. The number of carbonyl (C=O) groups is 1. The van der Waals surface area contributed by atoms with Gasteiger partial charge in [0.2, 0.25) is 0 Å². The monoisotopic (exact) mass is 354 g/mol. The Morgan fingerprint density at radius 2 is 1.78 bits per heavy atom. The Morgan fingerprint density at radius 1 is 0.926 bits per heavy atom. The molecule has 0 aliphatic heterocycles. The summed E-state index contributed by atoms with van der Waals surface area (Å²) in [6.45, 7) is 0.557. The van der Waals surface area contributed by atoms with Gasteiger partial charge in [-0.1, -0.05) is 18.2 Å². The second-order valence-corrected chi connectivity index (χ2v) is 6.18. The summed E-state index contributed by atoms with van der Waals surface area (Å²) in [4.78, 5) is 25.7. The first-order chi connectivity index (χ1) is 13.3. The van der Waals surface area contributed by atoms with E-state index < -0.39 is 0 Å². The minimum atomic E-state index is -0.104. The molecule has 0 atom stereocenters. The molecule has 0 unspecified atom stereocenters. The van der Waals surface area contributed by atoms with Crippen molar-refractivity contribution in [1.29, 1.82) is 0 Å². The normalized spacial score (nSPS) is 10.7. The summed E-state index contributed by atoms with van der Waals surface area (Å²) in [7, 11) is 0. The van der Waals surface area contributed by atoms with Crippen LogP contribution in [0.4, 0.5) is 0 Å². The van der Waals surface area contributed by atoms with Crippen LogP contribution in [0, 0.1) is 0 Å². The summed E-state index contributed by atoms with van der Waals surface area (Å²) in [6, 6.07) is 17.2. The second-order valence-electron chi connectivity index (χ2n) is 6.18. The van der Waals surface area contributed by atoms with Crippen LogP contribution < -0.4 is 5.32 Å². The maximum absolute atomic E-state index is 12.9. The van der Waals surface area contributed by atoms with Crippen molar-refractivity contribution in [3.05, 3.63) is 90.5 Å². The van der Waals surface area contributed by atoms with Crippen LogP contribution in [0.25, 0.3) is 22.2 Å². The van der Waals surface area contributed by atoms with Gasteiger partial charge >= 0.3 is 0 Å². The number of hydrogen-bond donors (Lipinski definition) is 1. The van der Waals surface area contributed by atoms with E-state index in [1.165, 1.54) is 0 Å². The van der Waals surface area contributed by atoms with E-state index in [1.54, 1.807) is 24.8 Å². The van der Waals surface area contributed by atoms with Crippen LogP contribution in [-0.2, 0) is 6.42 Å². The molecule has 0 aliphatic carbocycles. The van der Waals surface area contributed by atoms with Crippen LogP contribution in [-0.4, -0.2) is 27.4 Å². The second kappa shape index (κ2) is 7.74. The van der Waals surface area contributed by atoms with E-state index in [1.807, 2.05) is 54.6 Å². The van der Waals surface area contributed by atoms with Gasteiger partial charge in [0.15, 0.2) is 0 Å². The number of rotatable bonds is 5. The summed E-state index contributed by atoms with van der Waals surface area (Å²) in [6.07, 6.45) is 7.74. The highest BCUT2D eigenvalue weighted by Gasteiger charge is 2.13. The Balaban J connectivity index is 1.62. The fourth-order valence-corrected chi connectivity index (χ4v) is 2.99. The molecule has 5 heteroatoms. The van der Waals surface area contributed by atoms with E-state index in [2.05, 4.69) is 20.3 Å². The van der Waals surface area contributed by atoms with Gasteiger partial charge in [-0.3, -0.25) is 14.8 Å². The SMILES string of the molecule is O=C(NCCc1ccncc1)c1cc(-c2cccnc2)nc2ccccc12. The molecule has 1 aromatic carbocycles. The molecule has 0 aliphatic rings. The number of carbonyl (C=O) groups excluding carboxylic acids is 1. The summed E-state index contributed by atoms with van der Waals surface area (Å²) in [5.74, 6) is -0.104. The standard InChI is InChI=1S/C22H18N4O/c27-22(25-13-9-16-7-11-23-12-8-16)19-14-21(17-4-3-10-24-15-17)26-20-6-2-1-5-18(19)20/h1-8,10-12,14-15H,9,13H2,(H,25,27). The summed E-state index contributed by atoms with van der Waals surface area (Å²) >= 11 is 0. The summed E-state index contributed by atoms with van der Waals surface area (Å²) in [5.41, 5.74) is 4.17. The largest absolute Gasteiger partial charge is 0.352 e. The van der Waals surface area contributed by atoms with Crippen molar-refractivity contribution in [3.8, 4) is 11.3 Å². The fraction of sp³-hybridized carbons (Fsp3) is 0.0909. The van der Waals surface area contributed by atoms with E-state index in [0.717, 1.165) is 34.1 Å². The maximum atomic E-state index is 12.9. The van der Waals surface area contributed by atoms with E-state index in [0.29, 0.717) is 12.1 Å². The van der Waals surface area contributed by atoms with Crippen molar-refractivity contribution in [2.24, 2.45) is 0 Å². The Bertz CT molecular complexity index is 1070. The molecule has 4 aromatic rings. The molecule has 3 aromatic heterocycles. The lowest BCUT2D eigenvalue weighted by atomic mass is 10.0. The quantitative estimate of drug-likeness (QED) is 0.594. The molecular weight excluding hydrogens is 336 g/mol. The molecule has 5 nitrogen and oxygen atoms in total. The molecule has 1 N–H and O–H groups in total. The number of benzene rings is 1. The smallest absolute Gasteiger partial charge is 0.252 e. The number of amides is 1. The average molecular weight is 354 g/mol. The highest BCUT2D eigenvalue weighted by molar-refractivity contribution is 6.07. The average Bonchev–Trinajstić information content (AvgIpc) is 2.74. The zero-order valence-corrected chi connectivity index (χ0v) is 14.7. The number of pyridine rings is 3. The molecule has 3 heterocycles. The summed E-state index contributed by atoms with van der Waals surface area (Å²) < 4.78 is 0. The zero-order valence-electron chi connectivity index (χ0n) is 14.7. The van der Waals surface area contributed by atoms with Crippen LogP contribution in [0.1, 0.15) is 15.9 Å². The topological polar surface area (TPSA) is 67.8 Å². The molecule has 0 spiro atoms. The van der Waals surface area contributed by atoms with Gasteiger partial charge in [0.1, 0.15) is 0 Å². The molecule has 0 bridgehead atoms. The van der Waals surface area contributed by atoms with Crippen LogP contribution in [0.5, 0.6) is 0 Å². The van der Waals surface area contributed by atoms with E-state index in [4.69, 9.17) is 0 Å². The molecule has 0 saturated carbocycles. The first kappa shape index (κ1) is 16.8. The van der Waals surface area contributed by atoms with Gasteiger partial charge in [-0.15, -0.1) is 0 Å². The predicted molar refractivity (Wildman–Crippen MR) is 105 cm³/mol. The molecule has 4 rings (SSSR count). The third-order valence-corrected chi connectivity index (χ3v) is 4.37. The number of nitrogens with one attached hydrogen (secondary N) is 1. The van der Waals surface area contributed by atoms with Crippen molar-refractivity contribution in [2.45, 2.75) is 6.42 Å². The molecular formula is C22H18N4O. The third kappa shape index (κ3) is 3.82. The van der Waals surface area contributed by atoms with Gasteiger partial charge in [0.05, 0.1) is 16.8 Å². The van der Waals surface area contributed by atoms with Crippen molar-refractivity contribution in [2.75, 3.05) is 6.54 Å². The highest BCUT2D eigenvalue weighted by atomic mass is 16.1. The van der Waals surface area contributed by atoms with Gasteiger partial charge < -0.3 is 5.32 Å². The molecule has 27 heavy (non-hydrogen) atoms. The minimum Gasteiger partial charge on any atom is -0.352 e. The van der Waals surface area contributed by atoms with Crippen molar-refractivity contribution >= 4 is 16.8 Å². The first-order valence-corrected chi connectivity index (χ1v) is 8.78.